The summed E-state index contributed by atoms with van der Waals surface area (Å²) in [5.41, 5.74) is 4.83. The molecular weight excluding hydrogens is 216 g/mol. The normalized spacial score (nSPS) is 12.1. The first-order chi connectivity index (χ1) is 7.00. The van der Waals surface area contributed by atoms with E-state index in [-0.39, 0.29) is 0 Å². The van der Waals surface area contributed by atoms with Gasteiger partial charge in [-0.05, 0) is 6.92 Å². The first kappa shape index (κ1) is 11.6. The number of imidazole rings is 1. The molecule has 0 radical (unpaired) electrons. The summed E-state index contributed by atoms with van der Waals surface area (Å²) < 4.78 is 1.79. The van der Waals surface area contributed by atoms with E-state index in [1.165, 1.54) is 11.8 Å². The number of hydrogen-bond acceptors (Lipinski definition) is 4. The number of carbonyl (C=O) groups is 2. The lowest BCUT2D eigenvalue weighted by atomic mass is 10.4. The highest BCUT2D eigenvalue weighted by Gasteiger charge is 2.17. The first-order valence-electron chi connectivity index (χ1n) is 4.25. The van der Waals surface area contributed by atoms with Gasteiger partial charge in [-0.25, -0.2) is 9.78 Å². The van der Waals surface area contributed by atoms with Gasteiger partial charge in [0.05, 0.1) is 5.25 Å². The Balaban J connectivity index is 2.56. The Kier molecular flexibility index (Phi) is 3.73. The van der Waals surface area contributed by atoms with Gasteiger partial charge in [0.25, 0.3) is 0 Å². The highest BCUT2D eigenvalue weighted by Crippen LogP contribution is 2.20. The van der Waals surface area contributed by atoms with E-state index in [0.717, 1.165) is 0 Å². The lowest BCUT2D eigenvalue weighted by Gasteiger charge is -2.09. The van der Waals surface area contributed by atoms with Gasteiger partial charge in [0.15, 0.2) is 5.16 Å². The molecule has 0 saturated heterocycles. The number of carbonyl (C=O) groups excluding carboxylic acids is 2. The minimum Gasteiger partial charge on any atom is -0.351 e. The molecule has 15 heavy (non-hydrogen) atoms. The Morgan fingerprint density at radius 3 is 2.80 bits per heavy atom. The van der Waals surface area contributed by atoms with E-state index in [4.69, 9.17) is 5.73 Å². The summed E-state index contributed by atoms with van der Waals surface area (Å²) in [7, 11) is 1.83. The van der Waals surface area contributed by atoms with Crippen LogP contribution in [0.2, 0.25) is 0 Å². The average molecular weight is 228 g/mol. The zero-order valence-electron chi connectivity index (χ0n) is 8.43. The van der Waals surface area contributed by atoms with Crippen molar-refractivity contribution in [2.45, 2.75) is 17.3 Å². The summed E-state index contributed by atoms with van der Waals surface area (Å²) in [6, 6.07) is -0.840. The highest BCUT2D eigenvalue weighted by molar-refractivity contribution is 8.00. The van der Waals surface area contributed by atoms with Crippen molar-refractivity contribution >= 4 is 23.7 Å². The number of hydrogen-bond donors (Lipinski definition) is 2. The van der Waals surface area contributed by atoms with E-state index in [0.29, 0.717) is 5.16 Å². The maximum Gasteiger partial charge on any atom is 0.318 e. The predicted molar refractivity (Wildman–Crippen MR) is 56.3 cm³/mol. The Bertz CT molecular complexity index is 376. The topological polar surface area (TPSA) is 90.0 Å². The predicted octanol–water partition coefficient (Wildman–Crippen LogP) is 0.0956. The standard InChI is InChI=1S/C8H12N4O2S/c1-5(6(13)11-7(9)14)15-8-10-3-4-12(8)2/h3-5H,1-2H3,(H3,9,11,13,14)/t5-/m0/s1. The fourth-order valence-electron chi connectivity index (χ4n) is 0.900. The Labute approximate surface area is 91.2 Å². The van der Waals surface area contributed by atoms with Gasteiger partial charge in [0.1, 0.15) is 0 Å². The number of nitrogens with one attached hydrogen (secondary N) is 1. The first-order valence-corrected chi connectivity index (χ1v) is 5.13. The van der Waals surface area contributed by atoms with Gasteiger partial charge in [-0.1, -0.05) is 11.8 Å². The number of primary amides is 1. The van der Waals surface area contributed by atoms with Gasteiger partial charge < -0.3 is 10.3 Å². The van der Waals surface area contributed by atoms with Crippen molar-refractivity contribution in [3.63, 3.8) is 0 Å². The minimum atomic E-state index is -0.840. The molecule has 0 fully saturated rings. The molecule has 82 valence electrons. The van der Waals surface area contributed by atoms with E-state index < -0.39 is 17.2 Å². The van der Waals surface area contributed by atoms with Crippen molar-refractivity contribution in [1.29, 1.82) is 0 Å². The molecule has 3 amide bonds. The zero-order valence-corrected chi connectivity index (χ0v) is 9.25. The number of aryl methyl sites for hydroxylation is 1. The quantitative estimate of drug-likeness (QED) is 0.718. The Morgan fingerprint density at radius 2 is 2.33 bits per heavy atom. The van der Waals surface area contributed by atoms with Crippen LogP contribution >= 0.6 is 11.8 Å². The second-order valence-corrected chi connectivity index (χ2v) is 4.24. The Morgan fingerprint density at radius 1 is 1.67 bits per heavy atom. The molecule has 1 aromatic heterocycles. The molecule has 1 rings (SSSR count). The molecule has 1 atom stereocenters. The summed E-state index contributed by atoms with van der Waals surface area (Å²) in [4.78, 5) is 25.8. The average Bonchev–Trinajstić information content (AvgIpc) is 2.50. The maximum absolute atomic E-state index is 11.3. The molecular formula is C8H12N4O2S. The fraction of sp³-hybridized carbons (Fsp3) is 0.375. The molecule has 0 bridgehead atoms. The van der Waals surface area contributed by atoms with Crippen LogP contribution in [0, 0.1) is 0 Å². The summed E-state index contributed by atoms with van der Waals surface area (Å²) in [5.74, 6) is -0.421. The van der Waals surface area contributed by atoms with E-state index >= 15 is 0 Å². The van der Waals surface area contributed by atoms with Crippen molar-refractivity contribution in [3.05, 3.63) is 12.4 Å². The summed E-state index contributed by atoms with van der Waals surface area (Å²) >= 11 is 1.26. The number of imide groups is 1. The van der Waals surface area contributed by atoms with E-state index in [9.17, 15) is 9.59 Å². The third-order valence-electron chi connectivity index (χ3n) is 1.67. The highest BCUT2D eigenvalue weighted by atomic mass is 32.2. The van der Waals surface area contributed by atoms with Crippen LogP contribution in [0.5, 0.6) is 0 Å². The van der Waals surface area contributed by atoms with Gasteiger partial charge >= 0.3 is 6.03 Å². The van der Waals surface area contributed by atoms with Gasteiger partial charge in [-0.3, -0.25) is 10.1 Å². The monoisotopic (exact) mass is 228 g/mol. The van der Waals surface area contributed by atoms with Gasteiger partial charge in [-0.2, -0.15) is 0 Å². The molecule has 1 heterocycles. The largest absolute Gasteiger partial charge is 0.351 e. The fourth-order valence-corrected chi connectivity index (χ4v) is 1.73. The molecule has 0 unspecified atom stereocenters. The van der Waals surface area contributed by atoms with Crippen LogP contribution in [0.3, 0.4) is 0 Å². The summed E-state index contributed by atoms with van der Waals surface area (Å²) in [5, 5.41) is 2.31. The van der Waals surface area contributed by atoms with Crippen LogP contribution in [0.15, 0.2) is 17.6 Å². The molecule has 3 N–H and O–H groups in total. The summed E-state index contributed by atoms with van der Waals surface area (Å²) in [6.45, 7) is 1.68. The second-order valence-electron chi connectivity index (χ2n) is 2.93. The molecule has 0 aliphatic rings. The third kappa shape index (κ3) is 3.28. The minimum absolute atomic E-state index is 0.418. The lowest BCUT2D eigenvalue weighted by Crippen LogP contribution is -2.39. The van der Waals surface area contributed by atoms with Crippen LogP contribution in [0.4, 0.5) is 4.79 Å². The van der Waals surface area contributed by atoms with Crippen LogP contribution in [0.1, 0.15) is 6.92 Å². The molecule has 0 aliphatic carbocycles. The molecule has 0 aliphatic heterocycles. The van der Waals surface area contributed by atoms with Crippen molar-refractivity contribution in [2.24, 2.45) is 12.8 Å². The van der Waals surface area contributed by atoms with Gasteiger partial charge in [-0.15, -0.1) is 0 Å². The number of aromatic nitrogens is 2. The molecule has 0 saturated carbocycles. The van der Waals surface area contributed by atoms with Crippen molar-refractivity contribution < 1.29 is 9.59 Å². The molecule has 6 nitrogen and oxygen atoms in total. The van der Waals surface area contributed by atoms with Crippen molar-refractivity contribution in [3.8, 4) is 0 Å². The number of amides is 3. The molecule has 1 aromatic rings. The zero-order chi connectivity index (χ0) is 11.4. The summed E-state index contributed by atoms with van der Waals surface area (Å²) in [6.07, 6.45) is 3.42. The SMILES string of the molecule is C[C@H](Sc1nccn1C)C(=O)NC(N)=O. The Hall–Kier alpha value is -1.50. The van der Waals surface area contributed by atoms with Gasteiger partial charge in [0, 0.05) is 19.4 Å². The van der Waals surface area contributed by atoms with Crippen LogP contribution in [-0.2, 0) is 11.8 Å². The molecule has 0 aromatic carbocycles. The van der Waals surface area contributed by atoms with Crippen molar-refractivity contribution in [1.82, 2.24) is 14.9 Å². The second kappa shape index (κ2) is 4.83. The number of nitrogens with two attached hydrogens (primary N) is 1. The number of rotatable bonds is 3. The smallest absolute Gasteiger partial charge is 0.318 e. The van der Waals surface area contributed by atoms with E-state index in [1.807, 2.05) is 12.4 Å². The van der Waals surface area contributed by atoms with Crippen LogP contribution < -0.4 is 11.1 Å². The van der Waals surface area contributed by atoms with Crippen LogP contribution in [-0.4, -0.2) is 26.7 Å². The van der Waals surface area contributed by atoms with Gasteiger partial charge in [0.2, 0.25) is 5.91 Å². The number of nitrogens with zero attached hydrogens (tertiary/aromatic N) is 2. The van der Waals surface area contributed by atoms with E-state index in [1.54, 1.807) is 23.9 Å². The lowest BCUT2D eigenvalue weighted by molar-refractivity contribution is -0.119. The molecule has 0 spiro atoms. The van der Waals surface area contributed by atoms with Crippen LogP contribution in [0.25, 0.3) is 0 Å². The molecule has 7 heteroatoms. The number of urea groups is 1. The van der Waals surface area contributed by atoms with Crippen molar-refractivity contribution in [2.75, 3.05) is 0 Å². The third-order valence-corrected chi connectivity index (χ3v) is 2.85. The maximum atomic E-state index is 11.3. The number of thioether (sulfide) groups is 1. The van der Waals surface area contributed by atoms with E-state index in [2.05, 4.69) is 4.98 Å².